The van der Waals surface area contributed by atoms with Gasteiger partial charge in [-0.3, -0.25) is 4.79 Å². The Hall–Kier alpha value is -1.55. The zero-order valence-corrected chi connectivity index (χ0v) is 13.0. The van der Waals surface area contributed by atoms with Crippen molar-refractivity contribution in [3.8, 4) is 5.75 Å². The number of benzene rings is 1. The molecule has 0 aromatic heterocycles. The molecule has 1 fully saturated rings. The molecule has 1 aliphatic rings. The summed E-state index contributed by atoms with van der Waals surface area (Å²) >= 11 is 0. The molecular weight excluding hydrogens is 264 g/mol. The van der Waals surface area contributed by atoms with E-state index in [4.69, 9.17) is 10.5 Å². The van der Waals surface area contributed by atoms with Crippen LogP contribution in [0.25, 0.3) is 0 Å². The summed E-state index contributed by atoms with van der Waals surface area (Å²) in [7, 11) is 1.69. The molecule has 0 radical (unpaired) electrons. The fourth-order valence-electron chi connectivity index (χ4n) is 3.00. The van der Waals surface area contributed by atoms with Crippen molar-refractivity contribution >= 4 is 5.91 Å². The lowest BCUT2D eigenvalue weighted by atomic mass is 9.97. The molecule has 0 unspecified atom stereocenters. The topological polar surface area (TPSA) is 55.6 Å². The van der Waals surface area contributed by atoms with E-state index < -0.39 is 0 Å². The first kappa shape index (κ1) is 15.8. The van der Waals surface area contributed by atoms with E-state index in [1.807, 2.05) is 23.1 Å². The van der Waals surface area contributed by atoms with Crippen LogP contribution < -0.4 is 10.5 Å². The van der Waals surface area contributed by atoms with Gasteiger partial charge in [-0.05, 0) is 42.9 Å². The third kappa shape index (κ3) is 4.21. The van der Waals surface area contributed by atoms with Crippen LogP contribution in [0, 0.1) is 11.8 Å². The van der Waals surface area contributed by atoms with E-state index in [0.717, 1.165) is 31.7 Å². The molecule has 21 heavy (non-hydrogen) atoms. The Kier molecular flexibility index (Phi) is 5.62. The smallest absolute Gasteiger partial charge is 0.222 e. The molecule has 0 spiro atoms. The molecule has 0 aliphatic carbocycles. The lowest BCUT2D eigenvalue weighted by Gasteiger charge is -2.19. The second kappa shape index (κ2) is 7.46. The number of carbonyl (C=O) groups is 1. The van der Waals surface area contributed by atoms with Crippen molar-refractivity contribution in [3.05, 3.63) is 29.8 Å². The van der Waals surface area contributed by atoms with E-state index in [1.165, 1.54) is 5.56 Å². The molecule has 1 heterocycles. The van der Waals surface area contributed by atoms with Gasteiger partial charge in [0.1, 0.15) is 5.75 Å². The molecular formula is C17H26N2O2. The quantitative estimate of drug-likeness (QED) is 0.872. The van der Waals surface area contributed by atoms with Crippen LogP contribution in [-0.4, -0.2) is 37.6 Å². The Morgan fingerprint density at radius 2 is 2.24 bits per heavy atom. The Bertz CT molecular complexity index is 476. The molecule has 2 rings (SSSR count). The zero-order chi connectivity index (χ0) is 15.2. The van der Waals surface area contributed by atoms with Crippen molar-refractivity contribution in [1.82, 2.24) is 4.90 Å². The minimum absolute atomic E-state index is 0.258. The van der Waals surface area contributed by atoms with Crippen molar-refractivity contribution < 1.29 is 9.53 Å². The largest absolute Gasteiger partial charge is 0.496 e. The van der Waals surface area contributed by atoms with E-state index in [9.17, 15) is 4.79 Å². The second-order valence-electron chi connectivity index (χ2n) is 6.06. The number of likely N-dealkylation sites (tertiary alicyclic amines) is 1. The summed E-state index contributed by atoms with van der Waals surface area (Å²) < 4.78 is 5.37. The molecule has 116 valence electrons. The maximum atomic E-state index is 12.3. The summed E-state index contributed by atoms with van der Waals surface area (Å²) in [5.41, 5.74) is 6.85. The number of nitrogens with zero attached hydrogens (tertiary/aromatic N) is 1. The Balaban J connectivity index is 1.87. The molecule has 1 amide bonds. The first-order valence-corrected chi connectivity index (χ1v) is 7.73. The number of hydrogen-bond acceptors (Lipinski definition) is 3. The van der Waals surface area contributed by atoms with Crippen molar-refractivity contribution in [3.63, 3.8) is 0 Å². The minimum atomic E-state index is 0.258. The second-order valence-corrected chi connectivity index (χ2v) is 6.06. The maximum absolute atomic E-state index is 12.3. The summed E-state index contributed by atoms with van der Waals surface area (Å²) in [6.07, 6.45) is 2.50. The summed E-state index contributed by atoms with van der Waals surface area (Å²) in [6, 6.07) is 8.02. The molecule has 4 heteroatoms. The summed E-state index contributed by atoms with van der Waals surface area (Å²) in [6.45, 7) is 4.50. The highest BCUT2D eigenvalue weighted by Crippen LogP contribution is 2.23. The minimum Gasteiger partial charge on any atom is -0.496 e. The lowest BCUT2D eigenvalue weighted by Crippen LogP contribution is -2.31. The third-order valence-corrected chi connectivity index (χ3v) is 4.26. The molecule has 1 aromatic carbocycles. The normalized spacial score (nSPS) is 19.6. The van der Waals surface area contributed by atoms with E-state index in [0.29, 0.717) is 24.8 Å². The van der Waals surface area contributed by atoms with Gasteiger partial charge in [0.2, 0.25) is 5.91 Å². The van der Waals surface area contributed by atoms with Crippen molar-refractivity contribution in [1.29, 1.82) is 0 Å². The zero-order valence-electron chi connectivity index (χ0n) is 13.0. The average Bonchev–Trinajstić information content (AvgIpc) is 2.96. The van der Waals surface area contributed by atoms with Gasteiger partial charge < -0.3 is 15.4 Å². The fourth-order valence-corrected chi connectivity index (χ4v) is 3.00. The molecule has 1 aliphatic heterocycles. The van der Waals surface area contributed by atoms with Crippen LogP contribution in [0.3, 0.4) is 0 Å². The first-order valence-electron chi connectivity index (χ1n) is 7.73. The van der Waals surface area contributed by atoms with Gasteiger partial charge in [0.25, 0.3) is 0 Å². The van der Waals surface area contributed by atoms with Crippen molar-refractivity contribution in [2.45, 2.75) is 26.2 Å². The number of carbonyl (C=O) groups excluding carboxylic acids is 1. The highest BCUT2D eigenvalue weighted by Gasteiger charge is 2.26. The van der Waals surface area contributed by atoms with Crippen molar-refractivity contribution in [2.75, 3.05) is 26.7 Å². The van der Waals surface area contributed by atoms with Crippen LogP contribution in [0.5, 0.6) is 5.75 Å². The monoisotopic (exact) mass is 290 g/mol. The molecule has 1 aromatic rings. The van der Waals surface area contributed by atoms with E-state index in [2.05, 4.69) is 13.0 Å². The Morgan fingerprint density at radius 3 is 2.90 bits per heavy atom. The number of ether oxygens (including phenoxy) is 1. The lowest BCUT2D eigenvalue weighted by molar-refractivity contribution is -0.131. The molecule has 0 bridgehead atoms. The molecule has 4 nitrogen and oxygen atoms in total. The summed E-state index contributed by atoms with van der Waals surface area (Å²) in [5.74, 6) is 1.96. The standard InChI is InChI=1S/C17H26N2O2/c1-13(9-15-5-3-4-6-16(15)21-2)10-17(20)19-8-7-14(11-18)12-19/h3-6,13-14H,7-12,18H2,1-2H3/t13-,14+/m1/s1. The van der Waals surface area contributed by atoms with Crippen LogP contribution in [0.15, 0.2) is 24.3 Å². The first-order chi connectivity index (χ1) is 10.1. The van der Waals surface area contributed by atoms with Gasteiger partial charge in [-0.25, -0.2) is 0 Å². The SMILES string of the molecule is COc1ccccc1C[C@@H](C)CC(=O)N1CC[C@@H](CN)C1. The van der Waals surface area contributed by atoms with E-state index >= 15 is 0 Å². The maximum Gasteiger partial charge on any atom is 0.222 e. The average molecular weight is 290 g/mol. The van der Waals surface area contributed by atoms with Gasteiger partial charge in [-0.2, -0.15) is 0 Å². The van der Waals surface area contributed by atoms with Crippen molar-refractivity contribution in [2.24, 2.45) is 17.6 Å². The van der Waals surface area contributed by atoms with Gasteiger partial charge in [-0.1, -0.05) is 25.1 Å². The van der Waals surface area contributed by atoms with Crippen LogP contribution in [-0.2, 0) is 11.2 Å². The number of methoxy groups -OCH3 is 1. The Labute approximate surface area is 127 Å². The predicted molar refractivity (Wildman–Crippen MR) is 84.2 cm³/mol. The summed E-state index contributed by atoms with van der Waals surface area (Å²) in [5, 5.41) is 0. The highest BCUT2D eigenvalue weighted by molar-refractivity contribution is 5.76. The Morgan fingerprint density at radius 1 is 1.48 bits per heavy atom. The van der Waals surface area contributed by atoms with Crippen LogP contribution >= 0.6 is 0 Å². The van der Waals surface area contributed by atoms with Gasteiger partial charge >= 0.3 is 0 Å². The van der Waals surface area contributed by atoms with E-state index in [-0.39, 0.29) is 5.91 Å². The van der Waals surface area contributed by atoms with Gasteiger partial charge in [0.05, 0.1) is 7.11 Å². The number of nitrogens with two attached hydrogens (primary N) is 1. The van der Waals surface area contributed by atoms with Gasteiger partial charge in [0, 0.05) is 19.5 Å². The molecule has 2 N–H and O–H groups in total. The fraction of sp³-hybridized carbons (Fsp3) is 0.588. The van der Waals surface area contributed by atoms with Crippen LogP contribution in [0.4, 0.5) is 0 Å². The third-order valence-electron chi connectivity index (χ3n) is 4.26. The van der Waals surface area contributed by atoms with Gasteiger partial charge in [-0.15, -0.1) is 0 Å². The van der Waals surface area contributed by atoms with Crippen LogP contribution in [0.2, 0.25) is 0 Å². The number of hydrogen-bond donors (Lipinski definition) is 1. The predicted octanol–water partition coefficient (Wildman–Crippen LogP) is 2.07. The number of rotatable bonds is 6. The molecule has 0 saturated carbocycles. The number of para-hydroxylation sites is 1. The number of amides is 1. The summed E-state index contributed by atoms with van der Waals surface area (Å²) in [4.78, 5) is 14.3. The molecule has 2 atom stereocenters. The van der Waals surface area contributed by atoms with Crippen LogP contribution in [0.1, 0.15) is 25.3 Å². The van der Waals surface area contributed by atoms with Gasteiger partial charge in [0.15, 0.2) is 0 Å². The molecule has 1 saturated heterocycles. The highest BCUT2D eigenvalue weighted by atomic mass is 16.5. The van der Waals surface area contributed by atoms with E-state index in [1.54, 1.807) is 7.11 Å².